The Labute approximate surface area is 128 Å². The average Bonchev–Trinajstić information content (AvgIpc) is 3.28. The van der Waals surface area contributed by atoms with Gasteiger partial charge in [0, 0.05) is 38.3 Å². The highest BCUT2D eigenvalue weighted by atomic mass is 19.2. The Morgan fingerprint density at radius 1 is 1.36 bits per heavy atom. The van der Waals surface area contributed by atoms with Crippen LogP contribution in [0.4, 0.5) is 8.78 Å². The van der Waals surface area contributed by atoms with E-state index < -0.39 is 11.6 Å². The Bertz CT molecular complexity index is 571. The average molecular weight is 310 g/mol. The second kappa shape index (κ2) is 5.93. The molecule has 0 unspecified atom stereocenters. The van der Waals surface area contributed by atoms with E-state index in [0.29, 0.717) is 25.6 Å². The van der Waals surface area contributed by atoms with Gasteiger partial charge in [0.25, 0.3) is 5.91 Å². The van der Waals surface area contributed by atoms with Crippen molar-refractivity contribution in [2.45, 2.75) is 25.0 Å². The number of aliphatic hydroxyl groups is 1. The van der Waals surface area contributed by atoms with Gasteiger partial charge in [-0.15, -0.1) is 0 Å². The van der Waals surface area contributed by atoms with Gasteiger partial charge in [-0.2, -0.15) is 0 Å². The fourth-order valence-electron chi connectivity index (χ4n) is 3.01. The van der Waals surface area contributed by atoms with Crippen LogP contribution in [0.15, 0.2) is 18.2 Å². The minimum Gasteiger partial charge on any atom is -0.390 e. The number of hydrogen-bond donors (Lipinski definition) is 1. The number of nitrogens with zero attached hydrogens (tertiary/aromatic N) is 2. The summed E-state index contributed by atoms with van der Waals surface area (Å²) in [4.78, 5) is 16.3. The van der Waals surface area contributed by atoms with Crippen LogP contribution < -0.4 is 0 Å². The zero-order valence-electron chi connectivity index (χ0n) is 12.5. The van der Waals surface area contributed by atoms with Crippen LogP contribution in [0.1, 0.15) is 23.2 Å². The standard InChI is InChI=1S/C16H20F2N2O2/c1-19(16(22)11-4-5-13(17)14(18)6-11)15(10-2-3-10)9-20-7-12(21)8-20/h4-6,10,12,15,21H,2-3,7-9H2,1H3/t15-/m1/s1. The van der Waals surface area contributed by atoms with E-state index in [9.17, 15) is 18.7 Å². The number of hydrogen-bond acceptors (Lipinski definition) is 3. The molecule has 1 aliphatic heterocycles. The van der Waals surface area contributed by atoms with Crippen molar-refractivity contribution in [2.24, 2.45) is 5.92 Å². The number of likely N-dealkylation sites (N-methyl/N-ethyl adjacent to an activating group) is 1. The van der Waals surface area contributed by atoms with E-state index in [1.165, 1.54) is 6.07 Å². The van der Waals surface area contributed by atoms with Gasteiger partial charge in [0.15, 0.2) is 11.6 Å². The summed E-state index contributed by atoms with van der Waals surface area (Å²) in [5.41, 5.74) is 0.163. The predicted molar refractivity (Wildman–Crippen MR) is 77.4 cm³/mol. The summed E-state index contributed by atoms with van der Waals surface area (Å²) in [5.74, 6) is -1.80. The van der Waals surface area contributed by atoms with Crippen molar-refractivity contribution in [1.82, 2.24) is 9.80 Å². The van der Waals surface area contributed by atoms with Gasteiger partial charge in [0.05, 0.1) is 6.10 Å². The summed E-state index contributed by atoms with van der Waals surface area (Å²) in [6, 6.07) is 3.29. The minimum atomic E-state index is -1.01. The van der Waals surface area contributed by atoms with Gasteiger partial charge in [-0.25, -0.2) is 8.78 Å². The number of carbonyl (C=O) groups excluding carboxylic acids is 1. The first kappa shape index (κ1) is 15.4. The first-order chi connectivity index (χ1) is 10.5. The topological polar surface area (TPSA) is 43.8 Å². The van der Waals surface area contributed by atoms with E-state index in [4.69, 9.17) is 0 Å². The highest BCUT2D eigenvalue weighted by molar-refractivity contribution is 5.94. The normalized spacial score (nSPS) is 20.5. The number of amides is 1. The Kier molecular flexibility index (Phi) is 4.14. The molecule has 1 aromatic carbocycles. The van der Waals surface area contributed by atoms with Crippen molar-refractivity contribution in [3.05, 3.63) is 35.4 Å². The molecule has 120 valence electrons. The molecule has 0 bridgehead atoms. The summed E-state index contributed by atoms with van der Waals surface area (Å²) in [6.07, 6.45) is 1.89. The highest BCUT2D eigenvalue weighted by Crippen LogP contribution is 2.36. The van der Waals surface area contributed by atoms with E-state index in [1.807, 2.05) is 0 Å². The largest absolute Gasteiger partial charge is 0.390 e. The molecule has 3 rings (SSSR count). The molecule has 1 N–H and O–H groups in total. The monoisotopic (exact) mass is 310 g/mol. The molecule has 1 amide bonds. The summed E-state index contributed by atoms with van der Waals surface area (Å²) < 4.78 is 26.3. The zero-order valence-corrected chi connectivity index (χ0v) is 12.5. The Morgan fingerprint density at radius 3 is 2.59 bits per heavy atom. The molecule has 1 saturated heterocycles. The number of β-amino-alcohol motifs (C(OH)–C–C–N with tert-alkyl or cyclic N) is 1. The number of rotatable bonds is 5. The maximum Gasteiger partial charge on any atom is 0.254 e. The smallest absolute Gasteiger partial charge is 0.254 e. The molecule has 0 radical (unpaired) electrons. The molecule has 1 aromatic rings. The number of aliphatic hydroxyl groups excluding tert-OH is 1. The molecule has 0 spiro atoms. The van der Waals surface area contributed by atoms with Crippen molar-refractivity contribution >= 4 is 5.91 Å². The van der Waals surface area contributed by atoms with E-state index >= 15 is 0 Å². The predicted octanol–water partition coefficient (Wildman–Crippen LogP) is 1.49. The van der Waals surface area contributed by atoms with Crippen molar-refractivity contribution < 1.29 is 18.7 Å². The summed E-state index contributed by atoms with van der Waals surface area (Å²) in [6.45, 7) is 1.99. The third kappa shape index (κ3) is 3.13. The number of benzene rings is 1. The number of halogens is 2. The lowest BCUT2D eigenvalue weighted by Crippen LogP contribution is -2.56. The van der Waals surface area contributed by atoms with E-state index in [1.54, 1.807) is 11.9 Å². The van der Waals surface area contributed by atoms with Crippen molar-refractivity contribution in [3.63, 3.8) is 0 Å². The molecule has 1 heterocycles. The molecule has 1 aliphatic carbocycles. The number of likely N-dealkylation sites (tertiary alicyclic amines) is 1. The fourth-order valence-corrected chi connectivity index (χ4v) is 3.01. The van der Waals surface area contributed by atoms with E-state index in [2.05, 4.69) is 4.90 Å². The SMILES string of the molecule is CN(C(=O)c1ccc(F)c(F)c1)[C@H](CN1CC(O)C1)C1CC1. The molecule has 22 heavy (non-hydrogen) atoms. The molecule has 1 saturated carbocycles. The molecule has 0 aromatic heterocycles. The van der Waals surface area contributed by atoms with Crippen molar-refractivity contribution in [3.8, 4) is 0 Å². The Hall–Kier alpha value is -1.53. The van der Waals surface area contributed by atoms with Crippen LogP contribution in [-0.2, 0) is 0 Å². The maximum absolute atomic E-state index is 13.3. The van der Waals surface area contributed by atoms with Crippen LogP contribution in [0.3, 0.4) is 0 Å². The van der Waals surface area contributed by atoms with Crippen molar-refractivity contribution in [2.75, 3.05) is 26.7 Å². The second-order valence-electron chi connectivity index (χ2n) is 6.32. The fraction of sp³-hybridized carbons (Fsp3) is 0.562. The third-order valence-electron chi connectivity index (χ3n) is 4.53. The molecule has 1 atom stereocenters. The van der Waals surface area contributed by atoms with Crippen molar-refractivity contribution in [1.29, 1.82) is 0 Å². The van der Waals surface area contributed by atoms with Crippen LogP contribution in [0.2, 0.25) is 0 Å². The van der Waals surface area contributed by atoms with Gasteiger partial charge >= 0.3 is 0 Å². The van der Waals surface area contributed by atoms with E-state index in [-0.39, 0.29) is 23.6 Å². The van der Waals surface area contributed by atoms with Crippen LogP contribution in [-0.4, -0.2) is 59.6 Å². The van der Waals surface area contributed by atoms with Gasteiger partial charge in [-0.05, 0) is 37.0 Å². The molecule has 4 nitrogen and oxygen atoms in total. The Morgan fingerprint density at radius 2 is 2.05 bits per heavy atom. The quantitative estimate of drug-likeness (QED) is 0.896. The van der Waals surface area contributed by atoms with Gasteiger partial charge in [-0.1, -0.05) is 0 Å². The van der Waals surface area contributed by atoms with Crippen LogP contribution >= 0.6 is 0 Å². The van der Waals surface area contributed by atoms with E-state index in [0.717, 1.165) is 25.0 Å². The lowest BCUT2D eigenvalue weighted by molar-refractivity contribution is -0.0127. The molecular weight excluding hydrogens is 290 g/mol. The zero-order chi connectivity index (χ0) is 15.9. The first-order valence-corrected chi connectivity index (χ1v) is 7.58. The van der Waals surface area contributed by atoms with Gasteiger partial charge in [0.1, 0.15) is 0 Å². The molecular formula is C16H20F2N2O2. The lowest BCUT2D eigenvalue weighted by Gasteiger charge is -2.40. The number of carbonyl (C=O) groups is 1. The lowest BCUT2D eigenvalue weighted by atomic mass is 10.1. The van der Waals surface area contributed by atoms with Gasteiger partial charge < -0.3 is 10.0 Å². The minimum absolute atomic E-state index is 0.0492. The van der Waals surface area contributed by atoms with Crippen LogP contribution in [0.5, 0.6) is 0 Å². The van der Waals surface area contributed by atoms with Crippen LogP contribution in [0, 0.1) is 17.6 Å². The summed E-state index contributed by atoms with van der Waals surface area (Å²) >= 11 is 0. The second-order valence-corrected chi connectivity index (χ2v) is 6.32. The van der Waals surface area contributed by atoms with Crippen LogP contribution in [0.25, 0.3) is 0 Å². The maximum atomic E-state index is 13.3. The first-order valence-electron chi connectivity index (χ1n) is 7.58. The summed E-state index contributed by atoms with van der Waals surface area (Å²) in [5, 5.41) is 9.37. The molecule has 2 aliphatic rings. The molecule has 6 heteroatoms. The van der Waals surface area contributed by atoms with Gasteiger partial charge in [0.2, 0.25) is 0 Å². The Balaban J connectivity index is 1.70. The third-order valence-corrected chi connectivity index (χ3v) is 4.53. The highest BCUT2D eigenvalue weighted by Gasteiger charge is 2.39. The summed E-state index contributed by atoms with van der Waals surface area (Å²) in [7, 11) is 1.71. The molecule has 2 fully saturated rings. The van der Waals surface area contributed by atoms with Gasteiger partial charge in [-0.3, -0.25) is 9.69 Å².